The Hall–Kier alpha value is -3.08. The number of rotatable bonds is 5. The normalized spacial score (nSPS) is 16.4. The lowest BCUT2D eigenvalue weighted by Crippen LogP contribution is -2.32. The van der Waals surface area contributed by atoms with Crippen molar-refractivity contribution in [2.45, 2.75) is 39.2 Å². The van der Waals surface area contributed by atoms with E-state index in [-0.39, 0.29) is 17.9 Å². The minimum atomic E-state index is 0.0735. The summed E-state index contributed by atoms with van der Waals surface area (Å²) >= 11 is 0. The monoisotopic (exact) mass is 388 g/mol. The molecule has 0 bridgehead atoms. The fraction of sp³-hybridized carbons (Fsp3) is 0.333. The number of hydrogen-bond donors (Lipinski definition) is 1. The van der Waals surface area contributed by atoms with Gasteiger partial charge in [0.15, 0.2) is 0 Å². The third-order valence-corrected chi connectivity index (χ3v) is 5.48. The van der Waals surface area contributed by atoms with Crippen molar-refractivity contribution >= 4 is 11.6 Å². The van der Waals surface area contributed by atoms with Gasteiger partial charge in [0.25, 0.3) is 5.91 Å². The maximum atomic E-state index is 13.3. The Labute approximate surface area is 172 Å². The first-order valence-corrected chi connectivity index (χ1v) is 10.3. The predicted molar refractivity (Wildman–Crippen MR) is 117 cm³/mol. The lowest BCUT2D eigenvalue weighted by atomic mass is 10.0. The second-order valence-corrected chi connectivity index (χ2v) is 8.09. The zero-order valence-corrected chi connectivity index (χ0v) is 17.3. The number of likely N-dealkylation sites (tertiary alicyclic amines) is 1. The molecular formula is C24H28N4O. The number of benzene rings is 2. The van der Waals surface area contributed by atoms with Gasteiger partial charge in [0.2, 0.25) is 0 Å². The molecule has 1 N–H and O–H groups in total. The molecule has 0 aliphatic carbocycles. The standard InChI is InChI=1S/C24H28N4O/c1-17(2)23-22(15-25-28(23)21-11-9-18(3)10-12-21)24(29)27-14-13-20(16-27)26-19-7-5-4-6-8-19/h4-12,15,17,20,26H,13-14,16H2,1-3H3. The van der Waals surface area contributed by atoms with Crippen LogP contribution in [-0.2, 0) is 0 Å². The van der Waals surface area contributed by atoms with Crippen LogP contribution in [0, 0.1) is 6.92 Å². The second kappa shape index (κ2) is 8.11. The molecule has 1 aromatic heterocycles. The molecule has 2 heterocycles. The van der Waals surface area contributed by atoms with Crippen LogP contribution in [0.2, 0.25) is 0 Å². The third kappa shape index (κ3) is 4.04. The van der Waals surface area contributed by atoms with Crippen molar-refractivity contribution in [3.63, 3.8) is 0 Å². The quantitative estimate of drug-likeness (QED) is 0.693. The molecule has 1 fully saturated rings. The molecule has 1 atom stereocenters. The van der Waals surface area contributed by atoms with Gasteiger partial charge in [0.1, 0.15) is 0 Å². The summed E-state index contributed by atoms with van der Waals surface area (Å²) in [5.41, 5.74) is 4.97. The maximum absolute atomic E-state index is 13.3. The number of nitrogens with one attached hydrogen (secondary N) is 1. The first-order chi connectivity index (χ1) is 14.0. The molecule has 5 nitrogen and oxygen atoms in total. The van der Waals surface area contributed by atoms with Crippen molar-refractivity contribution in [3.8, 4) is 5.69 Å². The van der Waals surface area contributed by atoms with E-state index in [2.05, 4.69) is 67.6 Å². The van der Waals surface area contributed by atoms with Crippen molar-refractivity contribution in [1.29, 1.82) is 0 Å². The SMILES string of the molecule is Cc1ccc(-n2ncc(C(=O)N3CCC(Nc4ccccc4)C3)c2C(C)C)cc1. The molecule has 1 unspecified atom stereocenters. The predicted octanol–water partition coefficient (Wildman–Crippen LogP) is 4.63. The second-order valence-electron chi connectivity index (χ2n) is 8.09. The van der Waals surface area contributed by atoms with E-state index in [1.54, 1.807) is 6.20 Å². The van der Waals surface area contributed by atoms with Gasteiger partial charge in [-0.25, -0.2) is 4.68 Å². The van der Waals surface area contributed by atoms with Gasteiger partial charge in [-0.05, 0) is 43.5 Å². The minimum Gasteiger partial charge on any atom is -0.380 e. The van der Waals surface area contributed by atoms with Crippen molar-refractivity contribution in [1.82, 2.24) is 14.7 Å². The molecule has 150 valence electrons. The number of aromatic nitrogens is 2. The highest BCUT2D eigenvalue weighted by Crippen LogP contribution is 2.26. The summed E-state index contributed by atoms with van der Waals surface area (Å²) in [6, 6.07) is 18.7. The number of amides is 1. The van der Waals surface area contributed by atoms with Crippen LogP contribution in [0.25, 0.3) is 5.69 Å². The number of para-hydroxylation sites is 1. The zero-order valence-electron chi connectivity index (χ0n) is 17.3. The van der Waals surface area contributed by atoms with E-state index < -0.39 is 0 Å². The first-order valence-electron chi connectivity index (χ1n) is 10.3. The molecule has 4 rings (SSSR count). The van der Waals surface area contributed by atoms with E-state index in [9.17, 15) is 4.79 Å². The summed E-state index contributed by atoms with van der Waals surface area (Å²) < 4.78 is 1.91. The van der Waals surface area contributed by atoms with Crippen molar-refractivity contribution in [2.24, 2.45) is 0 Å². The number of carbonyl (C=O) groups is 1. The smallest absolute Gasteiger partial charge is 0.257 e. The fourth-order valence-electron chi connectivity index (χ4n) is 3.97. The van der Waals surface area contributed by atoms with Crippen LogP contribution in [-0.4, -0.2) is 39.7 Å². The van der Waals surface area contributed by atoms with Crippen LogP contribution in [0.3, 0.4) is 0 Å². The highest BCUT2D eigenvalue weighted by molar-refractivity contribution is 5.95. The van der Waals surface area contributed by atoms with E-state index in [0.717, 1.165) is 30.0 Å². The molecule has 2 aromatic carbocycles. The molecule has 0 radical (unpaired) electrons. The van der Waals surface area contributed by atoms with Crippen LogP contribution in [0.1, 0.15) is 47.8 Å². The van der Waals surface area contributed by atoms with E-state index in [4.69, 9.17) is 0 Å². The Morgan fingerprint density at radius 1 is 1.10 bits per heavy atom. The van der Waals surface area contributed by atoms with Crippen molar-refractivity contribution in [3.05, 3.63) is 77.6 Å². The molecule has 1 amide bonds. The van der Waals surface area contributed by atoms with Gasteiger partial charge >= 0.3 is 0 Å². The van der Waals surface area contributed by atoms with Gasteiger partial charge in [-0.1, -0.05) is 49.7 Å². The number of anilines is 1. The molecular weight excluding hydrogens is 360 g/mol. The van der Waals surface area contributed by atoms with Crippen LogP contribution in [0.5, 0.6) is 0 Å². The van der Waals surface area contributed by atoms with Gasteiger partial charge in [-0.15, -0.1) is 0 Å². The molecule has 1 aliphatic rings. The Bertz CT molecular complexity index is 976. The summed E-state index contributed by atoms with van der Waals surface area (Å²) in [7, 11) is 0. The zero-order chi connectivity index (χ0) is 20.4. The average Bonchev–Trinajstić information content (AvgIpc) is 3.36. The molecule has 1 aliphatic heterocycles. The first kappa shape index (κ1) is 19.2. The van der Waals surface area contributed by atoms with Crippen LogP contribution in [0.15, 0.2) is 60.8 Å². The van der Waals surface area contributed by atoms with Crippen molar-refractivity contribution in [2.75, 3.05) is 18.4 Å². The third-order valence-electron chi connectivity index (χ3n) is 5.48. The van der Waals surface area contributed by atoms with E-state index in [0.29, 0.717) is 12.1 Å². The summed E-state index contributed by atoms with van der Waals surface area (Å²) in [6.45, 7) is 7.76. The van der Waals surface area contributed by atoms with Gasteiger partial charge in [-0.3, -0.25) is 4.79 Å². The Balaban J connectivity index is 1.54. The molecule has 3 aromatic rings. The van der Waals surface area contributed by atoms with Gasteiger partial charge in [-0.2, -0.15) is 5.10 Å². The lowest BCUT2D eigenvalue weighted by molar-refractivity contribution is 0.0790. The Morgan fingerprint density at radius 2 is 1.83 bits per heavy atom. The van der Waals surface area contributed by atoms with Gasteiger partial charge in [0.05, 0.1) is 23.1 Å². The van der Waals surface area contributed by atoms with Crippen LogP contribution >= 0.6 is 0 Å². The van der Waals surface area contributed by atoms with Gasteiger partial charge < -0.3 is 10.2 Å². The highest BCUT2D eigenvalue weighted by Gasteiger charge is 2.30. The maximum Gasteiger partial charge on any atom is 0.257 e. The molecule has 5 heteroatoms. The number of carbonyl (C=O) groups excluding carboxylic acids is 1. The summed E-state index contributed by atoms with van der Waals surface area (Å²) in [4.78, 5) is 15.3. The summed E-state index contributed by atoms with van der Waals surface area (Å²) in [5, 5.41) is 8.11. The fourth-order valence-corrected chi connectivity index (χ4v) is 3.97. The molecule has 0 saturated carbocycles. The largest absolute Gasteiger partial charge is 0.380 e. The molecule has 1 saturated heterocycles. The molecule has 0 spiro atoms. The van der Waals surface area contributed by atoms with E-state index >= 15 is 0 Å². The van der Waals surface area contributed by atoms with E-state index in [1.807, 2.05) is 27.8 Å². The highest BCUT2D eigenvalue weighted by atomic mass is 16.2. The van der Waals surface area contributed by atoms with Crippen LogP contribution in [0.4, 0.5) is 5.69 Å². The van der Waals surface area contributed by atoms with Gasteiger partial charge in [0, 0.05) is 24.8 Å². The lowest BCUT2D eigenvalue weighted by Gasteiger charge is -2.19. The summed E-state index contributed by atoms with van der Waals surface area (Å²) in [5.74, 6) is 0.267. The van der Waals surface area contributed by atoms with Crippen LogP contribution < -0.4 is 5.32 Å². The van der Waals surface area contributed by atoms with Crippen molar-refractivity contribution < 1.29 is 4.79 Å². The number of aryl methyl sites for hydroxylation is 1. The topological polar surface area (TPSA) is 50.2 Å². The van der Waals surface area contributed by atoms with E-state index in [1.165, 1.54) is 5.56 Å². The minimum absolute atomic E-state index is 0.0735. The summed E-state index contributed by atoms with van der Waals surface area (Å²) in [6.07, 6.45) is 2.68. The number of nitrogens with zero attached hydrogens (tertiary/aromatic N) is 3. The Morgan fingerprint density at radius 3 is 2.52 bits per heavy atom. The average molecular weight is 389 g/mol. The Kier molecular flexibility index (Phi) is 5.38. The number of hydrogen-bond acceptors (Lipinski definition) is 3. The molecule has 29 heavy (non-hydrogen) atoms.